The minimum absolute atomic E-state index is 0.0804. The number of piperidine rings is 1. The highest BCUT2D eigenvalue weighted by Crippen LogP contribution is 2.19. The van der Waals surface area contributed by atoms with E-state index in [4.69, 9.17) is 9.47 Å². The van der Waals surface area contributed by atoms with Gasteiger partial charge >= 0.3 is 5.97 Å². The van der Waals surface area contributed by atoms with Crippen LogP contribution in [0.25, 0.3) is 0 Å². The molecule has 28 heavy (non-hydrogen) atoms. The van der Waals surface area contributed by atoms with Gasteiger partial charge in [0.1, 0.15) is 0 Å². The Morgan fingerprint density at radius 2 is 2.07 bits per heavy atom. The topological polar surface area (TPSA) is 103 Å². The summed E-state index contributed by atoms with van der Waals surface area (Å²) in [4.78, 5) is 28.5. The highest BCUT2D eigenvalue weighted by Gasteiger charge is 2.29. The van der Waals surface area contributed by atoms with Crippen LogP contribution in [0, 0.1) is 5.92 Å². The van der Waals surface area contributed by atoms with Crippen LogP contribution in [0.15, 0.2) is 0 Å². The molecule has 3 heterocycles. The predicted octanol–water partition coefficient (Wildman–Crippen LogP) is 0.0872. The first-order valence-electron chi connectivity index (χ1n) is 10.2. The van der Waals surface area contributed by atoms with E-state index in [0.29, 0.717) is 45.6 Å². The van der Waals surface area contributed by atoms with Gasteiger partial charge in [-0.15, -0.1) is 5.10 Å². The first-order chi connectivity index (χ1) is 13.7. The number of rotatable bonds is 8. The number of amides is 1. The molecule has 1 aromatic heterocycles. The molecule has 1 atom stereocenters. The molecule has 2 aliphatic heterocycles. The number of hydrogen-bond donors (Lipinski definition) is 0. The first kappa shape index (κ1) is 20.7. The highest BCUT2D eigenvalue weighted by molar-refractivity contribution is 5.78. The molecule has 2 aliphatic rings. The van der Waals surface area contributed by atoms with Gasteiger partial charge in [-0.05, 0) is 36.6 Å². The average molecular weight is 394 g/mol. The van der Waals surface area contributed by atoms with Crippen molar-refractivity contribution in [1.29, 1.82) is 0 Å². The molecule has 0 radical (unpaired) electrons. The molecule has 0 aliphatic carbocycles. The highest BCUT2D eigenvalue weighted by atomic mass is 16.5. The van der Waals surface area contributed by atoms with Crippen LogP contribution in [-0.4, -0.2) is 87.9 Å². The number of nitrogens with zero attached hydrogens (tertiary/aromatic N) is 6. The molecule has 2 saturated heterocycles. The van der Waals surface area contributed by atoms with Crippen LogP contribution in [0.2, 0.25) is 0 Å². The zero-order valence-electron chi connectivity index (χ0n) is 16.6. The number of tetrazole rings is 1. The molecule has 1 unspecified atom stereocenters. The second-order valence-corrected chi connectivity index (χ2v) is 7.24. The van der Waals surface area contributed by atoms with Gasteiger partial charge in [0.05, 0.1) is 32.3 Å². The smallest absolute Gasteiger partial charge is 0.310 e. The zero-order valence-corrected chi connectivity index (χ0v) is 16.6. The Labute approximate surface area is 165 Å². The van der Waals surface area contributed by atoms with Crippen molar-refractivity contribution in [3.8, 4) is 0 Å². The van der Waals surface area contributed by atoms with Gasteiger partial charge in [-0.2, -0.15) is 0 Å². The summed E-state index contributed by atoms with van der Waals surface area (Å²) in [6, 6.07) is 0. The number of morpholine rings is 1. The van der Waals surface area contributed by atoms with Crippen LogP contribution in [0.5, 0.6) is 0 Å². The monoisotopic (exact) mass is 394 g/mol. The van der Waals surface area contributed by atoms with Crippen LogP contribution in [-0.2, 0) is 32.2 Å². The lowest BCUT2D eigenvalue weighted by molar-refractivity contribution is -0.151. The molecule has 0 bridgehead atoms. The SMILES string of the molecule is CCOC(=O)C1CCCN(C(=O)CCCn2nnnc2CN2CCOCC2)C1. The van der Waals surface area contributed by atoms with Crippen LogP contribution in [0.1, 0.15) is 38.4 Å². The Morgan fingerprint density at radius 3 is 2.86 bits per heavy atom. The molecular weight excluding hydrogens is 364 g/mol. The molecule has 0 aromatic carbocycles. The molecule has 10 nitrogen and oxygen atoms in total. The number of hydrogen-bond acceptors (Lipinski definition) is 8. The Balaban J connectivity index is 1.43. The Hall–Kier alpha value is -2.07. The van der Waals surface area contributed by atoms with Crippen molar-refractivity contribution in [2.45, 2.75) is 45.7 Å². The van der Waals surface area contributed by atoms with E-state index in [2.05, 4.69) is 20.4 Å². The third kappa shape index (κ3) is 5.71. The molecule has 3 rings (SSSR count). The zero-order chi connectivity index (χ0) is 19.8. The second-order valence-electron chi connectivity index (χ2n) is 7.24. The van der Waals surface area contributed by atoms with Crippen molar-refractivity contribution in [3.05, 3.63) is 5.82 Å². The summed E-state index contributed by atoms with van der Waals surface area (Å²) in [5.74, 6) is 0.505. The van der Waals surface area contributed by atoms with Crippen molar-refractivity contribution in [2.24, 2.45) is 5.92 Å². The average Bonchev–Trinajstić information content (AvgIpc) is 3.16. The second kappa shape index (κ2) is 10.5. The largest absolute Gasteiger partial charge is 0.466 e. The summed E-state index contributed by atoms with van der Waals surface area (Å²) in [5, 5.41) is 12.0. The number of aromatic nitrogens is 4. The molecule has 0 spiro atoms. The lowest BCUT2D eigenvalue weighted by Crippen LogP contribution is -2.42. The van der Waals surface area contributed by atoms with Crippen molar-refractivity contribution >= 4 is 11.9 Å². The van der Waals surface area contributed by atoms with Crippen molar-refractivity contribution in [3.63, 3.8) is 0 Å². The van der Waals surface area contributed by atoms with Crippen LogP contribution in [0.3, 0.4) is 0 Å². The standard InChI is InChI=1S/C18H30N6O4/c1-2-28-18(26)15-5-3-7-23(13-15)17(25)6-4-8-24-16(19-20-21-24)14-22-9-11-27-12-10-22/h15H,2-14H2,1H3. The summed E-state index contributed by atoms with van der Waals surface area (Å²) in [6.07, 6.45) is 2.72. The molecular formula is C18H30N6O4. The lowest BCUT2D eigenvalue weighted by atomic mass is 9.98. The van der Waals surface area contributed by atoms with E-state index in [-0.39, 0.29) is 17.8 Å². The third-order valence-corrected chi connectivity index (χ3v) is 5.23. The molecule has 1 amide bonds. The van der Waals surface area contributed by atoms with Crippen LogP contribution in [0.4, 0.5) is 0 Å². The fourth-order valence-corrected chi connectivity index (χ4v) is 3.66. The Kier molecular flexibility index (Phi) is 7.72. The van der Waals surface area contributed by atoms with Gasteiger partial charge in [-0.1, -0.05) is 0 Å². The number of esters is 1. The lowest BCUT2D eigenvalue weighted by Gasteiger charge is -2.31. The molecule has 156 valence electrons. The van der Waals surface area contributed by atoms with E-state index < -0.39 is 0 Å². The van der Waals surface area contributed by atoms with E-state index in [1.165, 1.54) is 0 Å². The number of likely N-dealkylation sites (tertiary alicyclic amines) is 1. The maximum absolute atomic E-state index is 12.5. The van der Waals surface area contributed by atoms with Gasteiger partial charge in [0.2, 0.25) is 5.91 Å². The predicted molar refractivity (Wildman–Crippen MR) is 99.1 cm³/mol. The normalized spacial score (nSPS) is 20.9. The molecule has 0 N–H and O–H groups in total. The van der Waals surface area contributed by atoms with Gasteiger partial charge < -0.3 is 14.4 Å². The number of carbonyl (C=O) groups excluding carboxylic acids is 2. The summed E-state index contributed by atoms with van der Waals surface area (Å²) in [5.41, 5.74) is 0. The van der Waals surface area contributed by atoms with Gasteiger partial charge in [0.25, 0.3) is 0 Å². The minimum atomic E-state index is -0.197. The molecule has 10 heteroatoms. The molecule has 1 aromatic rings. The molecule has 2 fully saturated rings. The number of carbonyl (C=O) groups is 2. The number of aryl methyl sites for hydroxylation is 1. The first-order valence-corrected chi connectivity index (χ1v) is 10.2. The van der Waals surface area contributed by atoms with E-state index in [9.17, 15) is 9.59 Å². The number of ether oxygens (including phenoxy) is 2. The fraction of sp³-hybridized carbons (Fsp3) is 0.833. The van der Waals surface area contributed by atoms with Gasteiger partial charge in [0.15, 0.2) is 5.82 Å². The van der Waals surface area contributed by atoms with Gasteiger partial charge in [-0.25, -0.2) is 4.68 Å². The molecule has 0 saturated carbocycles. The summed E-state index contributed by atoms with van der Waals surface area (Å²) in [6.45, 7) is 7.87. The Morgan fingerprint density at radius 1 is 1.25 bits per heavy atom. The maximum Gasteiger partial charge on any atom is 0.310 e. The van der Waals surface area contributed by atoms with Crippen molar-refractivity contribution in [2.75, 3.05) is 46.0 Å². The van der Waals surface area contributed by atoms with Crippen molar-refractivity contribution < 1.29 is 19.1 Å². The van der Waals surface area contributed by atoms with E-state index >= 15 is 0 Å². The van der Waals surface area contributed by atoms with Gasteiger partial charge in [0, 0.05) is 39.1 Å². The van der Waals surface area contributed by atoms with Gasteiger partial charge in [-0.3, -0.25) is 14.5 Å². The van der Waals surface area contributed by atoms with E-state index in [1.807, 2.05) is 0 Å². The quantitative estimate of drug-likeness (QED) is 0.572. The van der Waals surface area contributed by atoms with Crippen molar-refractivity contribution in [1.82, 2.24) is 30.0 Å². The summed E-state index contributed by atoms with van der Waals surface area (Å²) in [7, 11) is 0. The maximum atomic E-state index is 12.5. The van der Waals surface area contributed by atoms with E-state index in [0.717, 1.165) is 45.0 Å². The summed E-state index contributed by atoms with van der Waals surface area (Å²) < 4.78 is 12.2. The fourth-order valence-electron chi connectivity index (χ4n) is 3.66. The van der Waals surface area contributed by atoms with Crippen LogP contribution < -0.4 is 0 Å². The Bertz CT molecular complexity index is 646. The van der Waals surface area contributed by atoms with Crippen LogP contribution >= 0.6 is 0 Å². The third-order valence-electron chi connectivity index (χ3n) is 5.23. The summed E-state index contributed by atoms with van der Waals surface area (Å²) >= 11 is 0. The minimum Gasteiger partial charge on any atom is -0.466 e. The van der Waals surface area contributed by atoms with E-state index in [1.54, 1.807) is 16.5 Å².